The van der Waals surface area contributed by atoms with Crippen molar-refractivity contribution in [2.24, 2.45) is 0 Å². The number of aromatic nitrogens is 3. The smallest absolute Gasteiger partial charge is 0.237 e. The van der Waals surface area contributed by atoms with Gasteiger partial charge in [-0.1, -0.05) is 18.2 Å². The van der Waals surface area contributed by atoms with E-state index in [9.17, 15) is 8.42 Å². The first-order chi connectivity index (χ1) is 12.0. The molecular weight excluding hydrogens is 338 g/mol. The van der Waals surface area contributed by atoms with E-state index in [-0.39, 0.29) is 5.75 Å². The molecule has 0 saturated carbocycles. The minimum atomic E-state index is -3.66. The molecule has 25 heavy (non-hydrogen) atoms. The lowest BCUT2D eigenvalue weighted by molar-refractivity contribution is 0.600. The van der Waals surface area contributed by atoms with Crippen LogP contribution in [0.3, 0.4) is 0 Å². The van der Waals surface area contributed by atoms with Gasteiger partial charge in [-0.25, -0.2) is 18.4 Å². The lowest BCUT2D eigenvalue weighted by Gasteiger charge is -2.10. The zero-order valence-corrected chi connectivity index (χ0v) is 14.2. The van der Waals surface area contributed by atoms with Gasteiger partial charge >= 0.3 is 0 Å². The van der Waals surface area contributed by atoms with Gasteiger partial charge in [0.1, 0.15) is 11.6 Å². The van der Waals surface area contributed by atoms with Gasteiger partial charge in [0.25, 0.3) is 0 Å². The van der Waals surface area contributed by atoms with E-state index in [4.69, 9.17) is 5.26 Å². The monoisotopic (exact) mass is 353 g/mol. The molecule has 8 heteroatoms. The van der Waals surface area contributed by atoms with Gasteiger partial charge in [0, 0.05) is 12.4 Å². The van der Waals surface area contributed by atoms with Gasteiger partial charge in [0.15, 0.2) is 0 Å². The molecule has 0 saturated heterocycles. The maximum Gasteiger partial charge on any atom is 0.237 e. The lowest BCUT2D eigenvalue weighted by atomic mass is 10.1. The molecule has 0 amide bonds. The minimum absolute atomic E-state index is 0.279. The van der Waals surface area contributed by atoms with Gasteiger partial charge in [-0.3, -0.25) is 9.29 Å². The summed E-state index contributed by atoms with van der Waals surface area (Å²) in [5.74, 6) is 1.15. The molecule has 2 aromatic heterocycles. The molecule has 0 fully saturated rings. The maximum absolute atomic E-state index is 12.3. The molecule has 126 valence electrons. The molecule has 0 spiro atoms. The zero-order valence-electron chi connectivity index (χ0n) is 13.4. The molecule has 1 aromatic carbocycles. The number of imidazole rings is 1. The summed E-state index contributed by atoms with van der Waals surface area (Å²) in [4.78, 5) is 8.37. The van der Waals surface area contributed by atoms with Gasteiger partial charge in [0.2, 0.25) is 10.0 Å². The van der Waals surface area contributed by atoms with Crippen LogP contribution in [0, 0.1) is 18.3 Å². The van der Waals surface area contributed by atoms with Gasteiger partial charge in [-0.15, -0.1) is 0 Å². The average Bonchev–Trinajstić information content (AvgIpc) is 3.01. The van der Waals surface area contributed by atoms with Gasteiger partial charge in [-0.05, 0) is 30.7 Å². The standard InChI is InChI=1S/C17H15N5O2S/c1-13-19-8-9-22(13)17-7-6-16(11-20-17)21-25(23,24)12-15-5-3-2-4-14(15)10-18/h2-9,11,21H,12H2,1H3. The Kier molecular flexibility index (Phi) is 4.50. The first kappa shape index (κ1) is 16.7. The summed E-state index contributed by atoms with van der Waals surface area (Å²) in [6.45, 7) is 1.85. The van der Waals surface area contributed by atoms with Crippen molar-refractivity contribution in [3.05, 3.63) is 71.9 Å². The Balaban J connectivity index is 1.77. The quantitative estimate of drug-likeness (QED) is 0.759. The number of hydrogen-bond acceptors (Lipinski definition) is 5. The van der Waals surface area contributed by atoms with Crippen LogP contribution < -0.4 is 4.72 Å². The number of hydrogen-bond donors (Lipinski definition) is 1. The Labute approximate surface area is 145 Å². The van der Waals surface area contributed by atoms with E-state index in [1.54, 1.807) is 53.4 Å². The van der Waals surface area contributed by atoms with Crippen molar-refractivity contribution in [1.82, 2.24) is 14.5 Å². The number of benzene rings is 1. The SMILES string of the molecule is Cc1nccn1-c1ccc(NS(=O)(=O)Cc2ccccc2C#N)cn1. The normalized spacial score (nSPS) is 11.0. The molecule has 1 N–H and O–H groups in total. The van der Waals surface area contributed by atoms with Gasteiger partial charge in [0.05, 0.1) is 29.3 Å². The highest BCUT2D eigenvalue weighted by Gasteiger charge is 2.14. The first-order valence-corrected chi connectivity index (χ1v) is 9.08. The molecule has 0 radical (unpaired) electrons. The fraction of sp³-hybridized carbons (Fsp3) is 0.118. The van der Waals surface area contributed by atoms with E-state index in [0.717, 1.165) is 5.82 Å². The minimum Gasteiger partial charge on any atom is -0.288 e. The van der Waals surface area contributed by atoms with Crippen LogP contribution in [0.4, 0.5) is 5.69 Å². The number of nitrogens with zero attached hydrogens (tertiary/aromatic N) is 4. The third-order valence-electron chi connectivity index (χ3n) is 3.58. The summed E-state index contributed by atoms with van der Waals surface area (Å²) >= 11 is 0. The second-order valence-electron chi connectivity index (χ2n) is 5.38. The van der Waals surface area contributed by atoms with E-state index >= 15 is 0 Å². The highest BCUT2D eigenvalue weighted by Crippen LogP contribution is 2.16. The Morgan fingerprint density at radius 3 is 2.64 bits per heavy atom. The molecule has 2 heterocycles. The summed E-state index contributed by atoms with van der Waals surface area (Å²) in [5, 5.41) is 9.07. The third kappa shape index (κ3) is 3.84. The molecule has 0 aliphatic carbocycles. The van der Waals surface area contributed by atoms with E-state index < -0.39 is 10.0 Å². The predicted molar refractivity (Wildman–Crippen MR) is 93.5 cm³/mol. The molecular formula is C17H15N5O2S. The zero-order chi connectivity index (χ0) is 17.9. The van der Waals surface area contributed by atoms with Crippen LogP contribution in [0.1, 0.15) is 17.0 Å². The number of sulfonamides is 1. The van der Waals surface area contributed by atoms with Crippen molar-refractivity contribution in [2.75, 3.05) is 4.72 Å². The van der Waals surface area contributed by atoms with Crippen LogP contribution in [-0.4, -0.2) is 23.0 Å². The van der Waals surface area contributed by atoms with E-state index in [1.807, 2.05) is 13.0 Å². The molecule has 3 rings (SSSR count). The largest absolute Gasteiger partial charge is 0.288 e. The van der Waals surface area contributed by atoms with Crippen molar-refractivity contribution in [1.29, 1.82) is 5.26 Å². The van der Waals surface area contributed by atoms with Crippen LogP contribution in [0.25, 0.3) is 5.82 Å². The second kappa shape index (κ2) is 6.75. The van der Waals surface area contributed by atoms with E-state index in [2.05, 4.69) is 14.7 Å². The summed E-state index contributed by atoms with van der Waals surface area (Å²) in [6.07, 6.45) is 4.89. The number of nitriles is 1. The van der Waals surface area contributed by atoms with Crippen molar-refractivity contribution in [3.63, 3.8) is 0 Å². The number of anilines is 1. The maximum atomic E-state index is 12.3. The van der Waals surface area contributed by atoms with Gasteiger partial charge in [-0.2, -0.15) is 5.26 Å². The topological polar surface area (TPSA) is 101 Å². The Hall–Kier alpha value is -3.18. The highest BCUT2D eigenvalue weighted by molar-refractivity contribution is 7.91. The Morgan fingerprint density at radius 2 is 2.00 bits per heavy atom. The number of rotatable bonds is 5. The molecule has 3 aromatic rings. The Bertz CT molecular complexity index is 1030. The van der Waals surface area contributed by atoms with Crippen molar-refractivity contribution in [3.8, 4) is 11.9 Å². The summed E-state index contributed by atoms with van der Waals surface area (Å²) in [5.41, 5.74) is 1.16. The number of nitrogens with one attached hydrogen (secondary N) is 1. The van der Waals surface area contributed by atoms with Crippen LogP contribution >= 0.6 is 0 Å². The predicted octanol–water partition coefficient (Wildman–Crippen LogP) is 2.39. The molecule has 0 aliphatic heterocycles. The molecule has 0 unspecified atom stereocenters. The van der Waals surface area contributed by atoms with Crippen molar-refractivity contribution in [2.45, 2.75) is 12.7 Å². The summed E-state index contributed by atoms with van der Waals surface area (Å²) in [6, 6.07) is 12.0. The highest BCUT2D eigenvalue weighted by atomic mass is 32.2. The van der Waals surface area contributed by atoms with Crippen LogP contribution in [-0.2, 0) is 15.8 Å². The average molecular weight is 353 g/mol. The summed E-state index contributed by atoms with van der Waals surface area (Å²) < 4.78 is 29.0. The van der Waals surface area contributed by atoms with Crippen molar-refractivity contribution < 1.29 is 8.42 Å². The molecule has 7 nitrogen and oxygen atoms in total. The summed E-state index contributed by atoms with van der Waals surface area (Å²) in [7, 11) is -3.66. The fourth-order valence-corrected chi connectivity index (χ4v) is 3.60. The lowest BCUT2D eigenvalue weighted by Crippen LogP contribution is -2.16. The Morgan fingerprint density at radius 1 is 1.20 bits per heavy atom. The number of aryl methyl sites for hydroxylation is 1. The fourth-order valence-electron chi connectivity index (χ4n) is 2.38. The van der Waals surface area contributed by atoms with Crippen molar-refractivity contribution >= 4 is 15.7 Å². The van der Waals surface area contributed by atoms with E-state index in [0.29, 0.717) is 22.6 Å². The van der Waals surface area contributed by atoms with E-state index in [1.165, 1.54) is 6.20 Å². The number of pyridine rings is 1. The molecule has 0 atom stereocenters. The third-order valence-corrected chi connectivity index (χ3v) is 4.81. The molecule has 0 aliphatic rings. The van der Waals surface area contributed by atoms with Crippen LogP contribution in [0.5, 0.6) is 0 Å². The second-order valence-corrected chi connectivity index (χ2v) is 7.10. The van der Waals surface area contributed by atoms with Gasteiger partial charge < -0.3 is 0 Å². The first-order valence-electron chi connectivity index (χ1n) is 7.43. The molecule has 0 bridgehead atoms. The van der Waals surface area contributed by atoms with Crippen LogP contribution in [0.15, 0.2) is 55.0 Å². The van der Waals surface area contributed by atoms with Crippen LogP contribution in [0.2, 0.25) is 0 Å².